The second kappa shape index (κ2) is 5.75. The third-order valence-corrected chi connectivity index (χ3v) is 3.96. The summed E-state index contributed by atoms with van der Waals surface area (Å²) in [6.45, 7) is 8.58. The molecule has 1 aromatic heterocycles. The standard InChI is InChI=1S/C14H22BrN3O/c1-14(2,3)13-16-11(15)8-12(17-13)18-6-4-10(9-19)5-7-18/h8,10,19H,4-7,9H2,1-3H3. The second-order valence-corrected chi connectivity index (χ2v) is 7.05. The molecular weight excluding hydrogens is 306 g/mol. The molecule has 1 fully saturated rings. The monoisotopic (exact) mass is 327 g/mol. The highest BCUT2D eigenvalue weighted by Gasteiger charge is 2.23. The maximum Gasteiger partial charge on any atom is 0.137 e. The lowest BCUT2D eigenvalue weighted by Crippen LogP contribution is -2.35. The van der Waals surface area contributed by atoms with Crippen LogP contribution in [0, 0.1) is 5.92 Å². The molecule has 1 aromatic rings. The van der Waals surface area contributed by atoms with E-state index < -0.39 is 0 Å². The van der Waals surface area contributed by atoms with Crippen LogP contribution in [-0.2, 0) is 5.41 Å². The van der Waals surface area contributed by atoms with Gasteiger partial charge in [-0.1, -0.05) is 20.8 Å². The molecule has 4 nitrogen and oxygen atoms in total. The van der Waals surface area contributed by atoms with Gasteiger partial charge in [0.15, 0.2) is 0 Å². The van der Waals surface area contributed by atoms with Crippen LogP contribution >= 0.6 is 15.9 Å². The van der Waals surface area contributed by atoms with E-state index in [2.05, 4.69) is 46.6 Å². The maximum atomic E-state index is 9.19. The van der Waals surface area contributed by atoms with Crippen molar-refractivity contribution in [1.29, 1.82) is 0 Å². The van der Waals surface area contributed by atoms with Crippen LogP contribution < -0.4 is 4.90 Å². The first-order valence-electron chi connectivity index (χ1n) is 6.81. The molecule has 19 heavy (non-hydrogen) atoms. The van der Waals surface area contributed by atoms with Gasteiger partial charge in [-0.2, -0.15) is 0 Å². The summed E-state index contributed by atoms with van der Waals surface area (Å²) in [6.07, 6.45) is 2.06. The van der Waals surface area contributed by atoms with Crippen molar-refractivity contribution in [2.75, 3.05) is 24.6 Å². The van der Waals surface area contributed by atoms with Gasteiger partial charge < -0.3 is 10.0 Å². The third-order valence-electron chi connectivity index (χ3n) is 3.55. The summed E-state index contributed by atoms with van der Waals surface area (Å²) >= 11 is 3.48. The second-order valence-electron chi connectivity index (χ2n) is 6.24. The summed E-state index contributed by atoms with van der Waals surface area (Å²) in [5.41, 5.74) is -0.0536. The Kier molecular flexibility index (Phi) is 4.46. The van der Waals surface area contributed by atoms with Gasteiger partial charge in [0.05, 0.1) is 0 Å². The fourth-order valence-electron chi connectivity index (χ4n) is 2.25. The van der Waals surface area contributed by atoms with Crippen molar-refractivity contribution in [3.05, 3.63) is 16.5 Å². The SMILES string of the molecule is CC(C)(C)c1nc(Br)cc(N2CCC(CO)CC2)n1. The Bertz CT molecular complexity index is 437. The van der Waals surface area contributed by atoms with E-state index in [1.807, 2.05) is 6.07 Å². The van der Waals surface area contributed by atoms with Crippen molar-refractivity contribution < 1.29 is 5.11 Å². The highest BCUT2D eigenvalue weighted by molar-refractivity contribution is 9.10. The van der Waals surface area contributed by atoms with Crippen LogP contribution in [0.5, 0.6) is 0 Å². The Labute approximate surface area is 123 Å². The Morgan fingerprint density at radius 2 is 1.95 bits per heavy atom. The Balaban J connectivity index is 2.19. The molecule has 0 amide bonds. The van der Waals surface area contributed by atoms with E-state index >= 15 is 0 Å². The number of aromatic nitrogens is 2. The van der Waals surface area contributed by atoms with E-state index in [-0.39, 0.29) is 5.41 Å². The van der Waals surface area contributed by atoms with E-state index in [1.165, 1.54) is 0 Å². The molecule has 1 saturated heterocycles. The van der Waals surface area contributed by atoms with Crippen molar-refractivity contribution in [3.63, 3.8) is 0 Å². The number of piperidine rings is 1. The van der Waals surface area contributed by atoms with Gasteiger partial charge in [-0.15, -0.1) is 0 Å². The molecule has 0 radical (unpaired) electrons. The average Bonchev–Trinajstić information content (AvgIpc) is 2.37. The van der Waals surface area contributed by atoms with Crippen molar-refractivity contribution >= 4 is 21.7 Å². The summed E-state index contributed by atoms with van der Waals surface area (Å²) in [6, 6.07) is 1.98. The predicted molar refractivity (Wildman–Crippen MR) is 80.5 cm³/mol. The van der Waals surface area contributed by atoms with Gasteiger partial charge in [-0.05, 0) is 34.7 Å². The summed E-state index contributed by atoms with van der Waals surface area (Å²) < 4.78 is 0.840. The molecule has 0 unspecified atom stereocenters. The van der Waals surface area contributed by atoms with Crippen LogP contribution in [0.3, 0.4) is 0 Å². The number of rotatable bonds is 2. The molecule has 1 aliphatic rings. The summed E-state index contributed by atoms with van der Waals surface area (Å²) in [7, 11) is 0. The fourth-order valence-corrected chi connectivity index (χ4v) is 2.62. The molecule has 106 valence electrons. The summed E-state index contributed by atoms with van der Waals surface area (Å²) in [4.78, 5) is 11.5. The molecule has 0 spiro atoms. The number of anilines is 1. The Hall–Kier alpha value is -0.680. The lowest BCUT2D eigenvalue weighted by molar-refractivity contribution is 0.202. The van der Waals surface area contributed by atoms with Gasteiger partial charge in [-0.3, -0.25) is 0 Å². The van der Waals surface area contributed by atoms with Gasteiger partial charge in [0.1, 0.15) is 16.2 Å². The molecule has 0 aliphatic carbocycles. The molecule has 2 rings (SSSR count). The first-order chi connectivity index (χ1) is 8.90. The first-order valence-corrected chi connectivity index (χ1v) is 7.60. The average molecular weight is 328 g/mol. The minimum Gasteiger partial charge on any atom is -0.396 e. The number of nitrogens with zero attached hydrogens (tertiary/aromatic N) is 3. The molecule has 0 bridgehead atoms. The maximum absolute atomic E-state index is 9.19. The molecule has 0 aromatic carbocycles. The van der Waals surface area contributed by atoms with E-state index in [0.717, 1.165) is 42.2 Å². The van der Waals surface area contributed by atoms with Crippen LogP contribution in [0.2, 0.25) is 0 Å². The smallest absolute Gasteiger partial charge is 0.137 e. The van der Waals surface area contributed by atoms with E-state index in [4.69, 9.17) is 4.98 Å². The van der Waals surface area contributed by atoms with Crippen LogP contribution in [0.4, 0.5) is 5.82 Å². The highest BCUT2D eigenvalue weighted by atomic mass is 79.9. The van der Waals surface area contributed by atoms with Gasteiger partial charge in [0, 0.05) is 31.2 Å². The quantitative estimate of drug-likeness (QED) is 0.848. The molecule has 1 N–H and O–H groups in total. The lowest BCUT2D eigenvalue weighted by atomic mass is 9.95. The van der Waals surface area contributed by atoms with Gasteiger partial charge in [-0.25, -0.2) is 9.97 Å². The van der Waals surface area contributed by atoms with Crippen LogP contribution in [-0.4, -0.2) is 34.8 Å². The van der Waals surface area contributed by atoms with Crippen LogP contribution in [0.1, 0.15) is 39.4 Å². The number of aliphatic hydroxyl groups is 1. The van der Waals surface area contributed by atoms with E-state index in [0.29, 0.717) is 12.5 Å². The number of hydrogen-bond donors (Lipinski definition) is 1. The largest absolute Gasteiger partial charge is 0.396 e. The molecule has 0 saturated carbocycles. The third kappa shape index (κ3) is 3.66. The van der Waals surface area contributed by atoms with Gasteiger partial charge in [0.25, 0.3) is 0 Å². The van der Waals surface area contributed by atoms with Crippen molar-refractivity contribution in [2.24, 2.45) is 5.92 Å². The number of hydrogen-bond acceptors (Lipinski definition) is 4. The topological polar surface area (TPSA) is 49.2 Å². The van der Waals surface area contributed by atoms with Gasteiger partial charge >= 0.3 is 0 Å². The van der Waals surface area contributed by atoms with Crippen LogP contribution in [0.25, 0.3) is 0 Å². The number of halogens is 1. The normalized spacial score (nSPS) is 17.8. The molecule has 0 atom stereocenters. The fraction of sp³-hybridized carbons (Fsp3) is 0.714. The van der Waals surface area contributed by atoms with Crippen molar-refractivity contribution in [3.8, 4) is 0 Å². The van der Waals surface area contributed by atoms with Gasteiger partial charge in [0.2, 0.25) is 0 Å². The van der Waals surface area contributed by atoms with E-state index in [1.54, 1.807) is 0 Å². The highest BCUT2D eigenvalue weighted by Crippen LogP contribution is 2.27. The Morgan fingerprint density at radius 3 is 2.47 bits per heavy atom. The van der Waals surface area contributed by atoms with Crippen molar-refractivity contribution in [2.45, 2.75) is 39.0 Å². The molecule has 5 heteroatoms. The summed E-state index contributed by atoms with van der Waals surface area (Å²) in [5.74, 6) is 2.30. The minimum absolute atomic E-state index is 0.0536. The molecular formula is C14H22BrN3O. The Morgan fingerprint density at radius 1 is 1.32 bits per heavy atom. The zero-order chi connectivity index (χ0) is 14.0. The summed E-state index contributed by atoms with van der Waals surface area (Å²) in [5, 5.41) is 9.19. The number of aliphatic hydroxyl groups excluding tert-OH is 1. The zero-order valence-electron chi connectivity index (χ0n) is 11.9. The first kappa shape index (κ1) is 14.7. The molecule has 2 heterocycles. The predicted octanol–water partition coefficient (Wildman–Crippen LogP) is 2.75. The minimum atomic E-state index is -0.0536. The van der Waals surface area contributed by atoms with Crippen LogP contribution in [0.15, 0.2) is 10.7 Å². The zero-order valence-corrected chi connectivity index (χ0v) is 13.4. The molecule has 1 aliphatic heterocycles. The van der Waals surface area contributed by atoms with E-state index in [9.17, 15) is 5.11 Å². The van der Waals surface area contributed by atoms with Crippen molar-refractivity contribution in [1.82, 2.24) is 9.97 Å². The lowest BCUT2D eigenvalue weighted by Gasteiger charge is -2.32.